The van der Waals surface area contributed by atoms with Gasteiger partial charge in [-0.15, -0.1) is 11.8 Å². The van der Waals surface area contributed by atoms with E-state index >= 15 is 0 Å². The van der Waals surface area contributed by atoms with E-state index in [4.69, 9.17) is 5.11 Å². The summed E-state index contributed by atoms with van der Waals surface area (Å²) >= 11 is 5.88. The van der Waals surface area contributed by atoms with Gasteiger partial charge in [0.2, 0.25) is 11.8 Å². The number of carbonyl (C=O) groups is 3. The fourth-order valence-electron chi connectivity index (χ4n) is 3.09. The smallest absolute Gasteiger partial charge is 0.305 e. The fraction of sp³-hybridized carbons (Fsp3) is 0.286. The van der Waals surface area contributed by atoms with Gasteiger partial charge in [0.1, 0.15) is 6.04 Å². The highest BCUT2D eigenvalue weighted by molar-refractivity contribution is 7.99. The number of para-hydroxylation sites is 1. The molecule has 2 aromatic rings. The standard InChI is InChI=1S/C21H22N2O4S2/c24-19(25)10-11-23-16-8-4-5-9-18(16)29-13-15(21(23)27)22-20(26)17(28)12-14-6-2-1-3-7-14/h1-9,15,17,28H,10-13H2,(H,22,26)(H,24,25)/t15-,17+/m1/s1. The summed E-state index contributed by atoms with van der Waals surface area (Å²) in [5, 5.41) is 11.3. The molecule has 1 aliphatic rings. The number of nitrogens with zero attached hydrogens (tertiary/aromatic N) is 1. The summed E-state index contributed by atoms with van der Waals surface area (Å²) in [7, 11) is 0. The number of carbonyl (C=O) groups excluding carboxylic acids is 2. The number of benzene rings is 2. The van der Waals surface area contributed by atoms with E-state index in [0.29, 0.717) is 17.9 Å². The molecule has 1 aliphatic heterocycles. The molecule has 0 fully saturated rings. The van der Waals surface area contributed by atoms with E-state index < -0.39 is 17.3 Å². The van der Waals surface area contributed by atoms with E-state index in [1.54, 1.807) is 6.07 Å². The predicted molar refractivity (Wildman–Crippen MR) is 117 cm³/mol. The van der Waals surface area contributed by atoms with Gasteiger partial charge in [0.15, 0.2) is 0 Å². The summed E-state index contributed by atoms with van der Waals surface area (Å²) in [4.78, 5) is 39.2. The van der Waals surface area contributed by atoms with Crippen LogP contribution in [0.3, 0.4) is 0 Å². The van der Waals surface area contributed by atoms with Gasteiger partial charge in [-0.05, 0) is 24.1 Å². The maximum atomic E-state index is 13.1. The minimum absolute atomic E-state index is 0.0480. The quantitative estimate of drug-likeness (QED) is 0.588. The molecule has 29 heavy (non-hydrogen) atoms. The average Bonchev–Trinajstić information content (AvgIpc) is 2.84. The molecule has 0 spiro atoms. The minimum atomic E-state index is -0.981. The molecule has 0 bridgehead atoms. The molecule has 8 heteroatoms. The number of anilines is 1. The number of carboxylic acids is 1. The maximum Gasteiger partial charge on any atom is 0.305 e. The largest absolute Gasteiger partial charge is 0.481 e. The number of carboxylic acid groups (broad SMARTS) is 1. The van der Waals surface area contributed by atoms with Crippen LogP contribution in [-0.2, 0) is 20.8 Å². The van der Waals surface area contributed by atoms with Crippen LogP contribution in [0.15, 0.2) is 59.5 Å². The predicted octanol–water partition coefficient (Wildman–Crippen LogP) is 2.63. The van der Waals surface area contributed by atoms with Gasteiger partial charge < -0.3 is 15.3 Å². The van der Waals surface area contributed by atoms with Gasteiger partial charge in [0, 0.05) is 17.2 Å². The molecule has 0 saturated heterocycles. The molecule has 0 saturated carbocycles. The number of hydrogen-bond donors (Lipinski definition) is 3. The van der Waals surface area contributed by atoms with E-state index in [1.807, 2.05) is 48.5 Å². The number of thiol groups is 1. The first kappa shape index (κ1) is 21.3. The highest BCUT2D eigenvalue weighted by atomic mass is 32.2. The lowest BCUT2D eigenvalue weighted by Gasteiger charge is -2.26. The van der Waals surface area contributed by atoms with Crippen LogP contribution in [0.1, 0.15) is 12.0 Å². The zero-order chi connectivity index (χ0) is 20.8. The van der Waals surface area contributed by atoms with E-state index in [1.165, 1.54) is 16.7 Å². The van der Waals surface area contributed by atoms with Gasteiger partial charge >= 0.3 is 5.97 Å². The summed E-state index contributed by atoms with van der Waals surface area (Å²) in [6.07, 6.45) is 0.279. The number of hydrogen-bond acceptors (Lipinski definition) is 5. The first-order valence-electron chi connectivity index (χ1n) is 9.23. The third kappa shape index (κ3) is 5.55. The first-order valence-corrected chi connectivity index (χ1v) is 10.7. The number of thioether (sulfide) groups is 1. The summed E-state index contributed by atoms with van der Waals surface area (Å²) in [5.74, 6) is -1.24. The van der Waals surface area contributed by atoms with Crippen LogP contribution in [0.4, 0.5) is 5.69 Å². The molecular formula is C21H22N2O4S2. The molecule has 2 aromatic carbocycles. The van der Waals surface area contributed by atoms with Crippen LogP contribution in [0.25, 0.3) is 0 Å². The topological polar surface area (TPSA) is 86.7 Å². The second-order valence-corrected chi connectivity index (χ2v) is 8.36. The Hall–Kier alpha value is -2.45. The molecule has 2 N–H and O–H groups in total. The Morgan fingerprint density at radius 1 is 1.17 bits per heavy atom. The van der Waals surface area contributed by atoms with Gasteiger partial charge in [-0.3, -0.25) is 14.4 Å². The van der Waals surface area contributed by atoms with Gasteiger partial charge in [-0.25, -0.2) is 0 Å². The van der Waals surface area contributed by atoms with Gasteiger partial charge in [0.05, 0.1) is 17.4 Å². The highest BCUT2D eigenvalue weighted by Crippen LogP contribution is 2.34. The molecule has 0 aliphatic carbocycles. The van der Waals surface area contributed by atoms with Crippen LogP contribution < -0.4 is 10.2 Å². The van der Waals surface area contributed by atoms with Gasteiger partial charge in [-0.1, -0.05) is 42.5 Å². The average molecular weight is 431 g/mol. The van der Waals surface area contributed by atoms with Crippen molar-refractivity contribution in [1.29, 1.82) is 0 Å². The van der Waals surface area contributed by atoms with Crippen molar-refractivity contribution in [3.05, 3.63) is 60.2 Å². The Kier molecular flexibility index (Phi) is 7.22. The normalized spacial score (nSPS) is 17.2. The summed E-state index contributed by atoms with van der Waals surface area (Å²) < 4.78 is 0. The SMILES string of the molecule is O=C(O)CCN1C(=O)[C@H](NC(=O)[C@@H](S)Cc2ccccc2)CSc2ccccc21. The second kappa shape index (κ2) is 9.84. The molecule has 152 valence electrons. The molecule has 6 nitrogen and oxygen atoms in total. The Bertz CT molecular complexity index is 891. The van der Waals surface area contributed by atoms with Crippen molar-refractivity contribution in [1.82, 2.24) is 5.32 Å². The van der Waals surface area contributed by atoms with Crippen molar-refractivity contribution in [2.24, 2.45) is 0 Å². The van der Waals surface area contributed by atoms with Crippen LogP contribution in [0.5, 0.6) is 0 Å². The lowest BCUT2D eigenvalue weighted by atomic mass is 10.1. The number of aliphatic carboxylic acids is 1. The monoisotopic (exact) mass is 430 g/mol. The Morgan fingerprint density at radius 3 is 2.59 bits per heavy atom. The fourth-order valence-corrected chi connectivity index (χ4v) is 4.45. The highest BCUT2D eigenvalue weighted by Gasteiger charge is 2.32. The zero-order valence-electron chi connectivity index (χ0n) is 15.7. The molecular weight excluding hydrogens is 408 g/mol. The second-order valence-electron chi connectivity index (χ2n) is 6.68. The van der Waals surface area contributed by atoms with Crippen molar-refractivity contribution in [3.63, 3.8) is 0 Å². The van der Waals surface area contributed by atoms with Crippen LogP contribution in [-0.4, -0.2) is 46.5 Å². The van der Waals surface area contributed by atoms with Crippen LogP contribution in [0, 0.1) is 0 Å². The summed E-state index contributed by atoms with van der Waals surface area (Å²) in [6, 6.07) is 16.2. The molecule has 3 rings (SSSR count). The molecule has 0 radical (unpaired) electrons. The first-order chi connectivity index (χ1) is 14.0. The van der Waals surface area contributed by atoms with Crippen molar-refractivity contribution >= 4 is 47.9 Å². The number of amides is 2. The summed E-state index contributed by atoms with van der Waals surface area (Å²) in [6.45, 7) is 0.0480. The Balaban J connectivity index is 1.73. The van der Waals surface area contributed by atoms with Crippen molar-refractivity contribution < 1.29 is 19.5 Å². The molecule has 0 unspecified atom stereocenters. The lowest BCUT2D eigenvalue weighted by Crippen LogP contribution is -2.51. The molecule has 2 amide bonds. The Morgan fingerprint density at radius 2 is 1.86 bits per heavy atom. The third-order valence-corrected chi connectivity index (χ3v) is 6.14. The lowest BCUT2D eigenvalue weighted by molar-refractivity contribution is -0.136. The zero-order valence-corrected chi connectivity index (χ0v) is 17.4. The number of rotatable bonds is 7. The van der Waals surface area contributed by atoms with Gasteiger partial charge in [0.25, 0.3) is 0 Å². The molecule has 2 atom stereocenters. The van der Waals surface area contributed by atoms with Crippen molar-refractivity contribution in [2.45, 2.75) is 29.0 Å². The summed E-state index contributed by atoms with van der Waals surface area (Å²) in [5.41, 5.74) is 1.66. The van der Waals surface area contributed by atoms with E-state index in [0.717, 1.165) is 10.5 Å². The van der Waals surface area contributed by atoms with Crippen LogP contribution >= 0.6 is 24.4 Å². The van der Waals surface area contributed by atoms with Gasteiger partial charge in [-0.2, -0.15) is 12.6 Å². The van der Waals surface area contributed by atoms with E-state index in [9.17, 15) is 14.4 Å². The van der Waals surface area contributed by atoms with Crippen molar-refractivity contribution in [3.8, 4) is 0 Å². The molecule has 1 heterocycles. The van der Waals surface area contributed by atoms with Crippen LogP contribution in [0.2, 0.25) is 0 Å². The van der Waals surface area contributed by atoms with E-state index in [-0.39, 0.29) is 24.8 Å². The third-order valence-electron chi connectivity index (χ3n) is 4.57. The van der Waals surface area contributed by atoms with Crippen molar-refractivity contribution in [2.75, 3.05) is 17.2 Å². The number of fused-ring (bicyclic) bond motifs is 1. The van der Waals surface area contributed by atoms with E-state index in [2.05, 4.69) is 17.9 Å². The maximum absolute atomic E-state index is 13.1. The minimum Gasteiger partial charge on any atom is -0.481 e. The number of nitrogens with one attached hydrogen (secondary N) is 1. The molecule has 0 aromatic heterocycles. The Labute approximate surface area is 179 Å².